The second-order valence-corrected chi connectivity index (χ2v) is 15.1. The maximum absolute atomic E-state index is 12.5. The lowest BCUT2D eigenvalue weighted by Crippen LogP contribution is -2.31. The molecule has 0 aliphatic carbocycles. The lowest BCUT2D eigenvalue weighted by atomic mass is 9.96. The highest BCUT2D eigenvalue weighted by molar-refractivity contribution is 5.69. The Balaban J connectivity index is 4.38. The van der Waals surface area contributed by atoms with Gasteiger partial charge in [0.25, 0.3) is 0 Å². The highest BCUT2D eigenvalue weighted by atomic mass is 16.5. The summed E-state index contributed by atoms with van der Waals surface area (Å²) in [5.74, 6) is 1.04. The van der Waals surface area contributed by atoms with Crippen molar-refractivity contribution in [1.82, 2.24) is 10.2 Å². The van der Waals surface area contributed by atoms with Gasteiger partial charge < -0.3 is 19.7 Å². The largest absolute Gasteiger partial charge is 0.465 e. The number of carbonyl (C=O) groups excluding carboxylic acids is 2. The minimum atomic E-state index is -0.00889. The Kier molecular flexibility index (Phi) is 34.8. The lowest BCUT2D eigenvalue weighted by Gasteiger charge is -2.20. The van der Waals surface area contributed by atoms with E-state index in [2.05, 4.69) is 52.0 Å². The zero-order valence-corrected chi connectivity index (χ0v) is 33.2. The van der Waals surface area contributed by atoms with Gasteiger partial charge in [-0.1, -0.05) is 130 Å². The van der Waals surface area contributed by atoms with Crippen LogP contribution >= 0.6 is 0 Å². The molecule has 286 valence electrons. The number of unbranched alkanes of at least 4 members (excludes halogenated alkanes) is 12. The Hall–Kier alpha value is -1.14. The van der Waals surface area contributed by atoms with Crippen LogP contribution in [0, 0.1) is 11.8 Å². The fourth-order valence-electron chi connectivity index (χ4n) is 6.62. The Labute approximate surface area is 300 Å². The summed E-state index contributed by atoms with van der Waals surface area (Å²) in [5, 5.41) is 3.81. The highest BCUT2D eigenvalue weighted by Gasteiger charge is 2.14. The zero-order valence-electron chi connectivity index (χ0n) is 33.2. The van der Waals surface area contributed by atoms with Gasteiger partial charge in [-0.2, -0.15) is 0 Å². The molecule has 1 N–H and O–H groups in total. The second kappa shape index (κ2) is 35.7. The van der Waals surface area contributed by atoms with Crippen LogP contribution < -0.4 is 5.32 Å². The molecule has 6 heteroatoms. The van der Waals surface area contributed by atoms with E-state index in [1.807, 2.05) is 0 Å². The van der Waals surface area contributed by atoms with Gasteiger partial charge in [0.15, 0.2) is 0 Å². The fraction of sp³-hybridized carbons (Fsp3) is 0.952. The van der Waals surface area contributed by atoms with Gasteiger partial charge in [0, 0.05) is 18.9 Å². The number of ether oxygens (including phenoxy) is 2. The second-order valence-electron chi connectivity index (χ2n) is 15.1. The molecule has 0 aromatic heterocycles. The molecule has 48 heavy (non-hydrogen) atoms. The summed E-state index contributed by atoms with van der Waals surface area (Å²) in [6.45, 7) is 12.3. The molecule has 2 atom stereocenters. The topological polar surface area (TPSA) is 67.9 Å². The van der Waals surface area contributed by atoms with Crippen molar-refractivity contribution < 1.29 is 19.1 Å². The zero-order chi connectivity index (χ0) is 35.5. The van der Waals surface area contributed by atoms with Crippen molar-refractivity contribution in [3.8, 4) is 0 Å². The number of nitrogens with zero attached hydrogens (tertiary/aromatic N) is 1. The molecule has 0 rings (SSSR count). The number of esters is 2. The van der Waals surface area contributed by atoms with Crippen LogP contribution in [-0.2, 0) is 19.1 Å². The molecule has 0 heterocycles. The molecule has 6 nitrogen and oxygen atoms in total. The third kappa shape index (κ3) is 32.1. The molecule has 0 aromatic rings. The molecule has 0 bridgehead atoms. The lowest BCUT2D eigenvalue weighted by molar-refractivity contribution is -0.146. The number of hydrogen-bond donors (Lipinski definition) is 1. The predicted molar refractivity (Wildman–Crippen MR) is 207 cm³/mol. The van der Waals surface area contributed by atoms with Crippen LogP contribution in [0.2, 0.25) is 0 Å². The average molecular weight is 681 g/mol. The maximum atomic E-state index is 12.5. The minimum absolute atomic E-state index is 0.00889. The maximum Gasteiger partial charge on any atom is 0.305 e. The van der Waals surface area contributed by atoms with Gasteiger partial charge in [-0.15, -0.1) is 0 Å². The Morgan fingerprint density at radius 3 is 1.31 bits per heavy atom. The summed E-state index contributed by atoms with van der Waals surface area (Å²) in [7, 11) is 4.26. The normalized spacial score (nSPS) is 13.5. The van der Waals surface area contributed by atoms with E-state index < -0.39 is 0 Å². The first-order chi connectivity index (χ1) is 23.4. The Morgan fingerprint density at radius 1 is 0.500 bits per heavy atom. The molecule has 0 saturated carbocycles. The van der Waals surface area contributed by atoms with Gasteiger partial charge in [0.1, 0.15) is 0 Å². The molecule has 0 fully saturated rings. The van der Waals surface area contributed by atoms with E-state index in [9.17, 15) is 9.59 Å². The van der Waals surface area contributed by atoms with E-state index in [0.717, 1.165) is 70.9 Å². The van der Waals surface area contributed by atoms with E-state index in [1.165, 1.54) is 103 Å². The monoisotopic (exact) mass is 681 g/mol. The summed E-state index contributed by atoms with van der Waals surface area (Å²) >= 11 is 0. The molecular formula is C42H84N2O4. The van der Waals surface area contributed by atoms with Crippen LogP contribution in [0.15, 0.2) is 0 Å². The van der Waals surface area contributed by atoms with Crippen LogP contribution in [0.25, 0.3) is 0 Å². The first kappa shape index (κ1) is 46.9. The van der Waals surface area contributed by atoms with Gasteiger partial charge in [-0.25, -0.2) is 0 Å². The van der Waals surface area contributed by atoms with E-state index in [-0.39, 0.29) is 11.9 Å². The molecule has 0 aliphatic heterocycles. The van der Waals surface area contributed by atoms with Crippen molar-refractivity contribution in [3.05, 3.63) is 0 Å². The van der Waals surface area contributed by atoms with Gasteiger partial charge in [0.2, 0.25) is 0 Å². The van der Waals surface area contributed by atoms with Gasteiger partial charge in [0.05, 0.1) is 13.2 Å². The third-order valence-corrected chi connectivity index (χ3v) is 9.91. The molecule has 0 radical (unpaired) electrons. The standard InChI is InChI=1S/C42H84N2O4/c1-7-11-15-19-28-38(26-13-9-3)36-47-41(45)32-23-17-21-30-40(43-34-25-35-44(5)6)31-22-18-24-33-42(46)48-37-39(27-14-10-4)29-20-16-12-8-2/h38-40,43H,7-37H2,1-6H3. The molecule has 2 unspecified atom stereocenters. The minimum Gasteiger partial charge on any atom is -0.465 e. The Morgan fingerprint density at radius 2 is 0.896 bits per heavy atom. The summed E-state index contributed by atoms with van der Waals surface area (Å²) in [5.41, 5.74) is 0. The first-order valence-corrected chi connectivity index (χ1v) is 21.0. The van der Waals surface area contributed by atoms with Crippen LogP contribution in [0.1, 0.15) is 201 Å². The smallest absolute Gasteiger partial charge is 0.305 e. The van der Waals surface area contributed by atoms with Gasteiger partial charge in [-0.3, -0.25) is 9.59 Å². The molecule has 0 amide bonds. The van der Waals surface area contributed by atoms with Crippen molar-refractivity contribution in [1.29, 1.82) is 0 Å². The SMILES string of the molecule is CCCCCCC(CCCC)COC(=O)CCCCCC(CCCCCC(=O)OCC(CCCC)CCCCCC)NCCCN(C)C. The van der Waals surface area contributed by atoms with E-state index in [1.54, 1.807) is 0 Å². The Bertz CT molecular complexity index is 651. The predicted octanol–water partition coefficient (Wildman–Crippen LogP) is 11.4. The number of hydrogen-bond acceptors (Lipinski definition) is 6. The van der Waals surface area contributed by atoms with Crippen LogP contribution in [-0.4, -0.2) is 63.3 Å². The quantitative estimate of drug-likeness (QED) is 0.0520. The summed E-state index contributed by atoms with van der Waals surface area (Å²) in [6.07, 6.45) is 30.7. The fourth-order valence-corrected chi connectivity index (χ4v) is 6.62. The van der Waals surface area contributed by atoms with Gasteiger partial charge >= 0.3 is 11.9 Å². The summed E-state index contributed by atoms with van der Waals surface area (Å²) in [6, 6.07) is 0.505. The molecule has 0 aromatic carbocycles. The van der Waals surface area contributed by atoms with Gasteiger partial charge in [-0.05, 0) is 96.8 Å². The number of nitrogens with one attached hydrogen (secondary N) is 1. The van der Waals surface area contributed by atoms with Crippen LogP contribution in [0.4, 0.5) is 0 Å². The van der Waals surface area contributed by atoms with E-state index >= 15 is 0 Å². The molecule has 0 spiro atoms. The van der Waals surface area contributed by atoms with Crippen molar-refractivity contribution in [2.75, 3.05) is 40.4 Å². The van der Waals surface area contributed by atoms with E-state index in [4.69, 9.17) is 9.47 Å². The third-order valence-electron chi connectivity index (χ3n) is 9.91. The molecular weight excluding hydrogens is 596 g/mol. The number of carbonyl (C=O) groups is 2. The van der Waals surface area contributed by atoms with E-state index in [0.29, 0.717) is 43.9 Å². The van der Waals surface area contributed by atoms with Crippen LogP contribution in [0.3, 0.4) is 0 Å². The summed E-state index contributed by atoms with van der Waals surface area (Å²) in [4.78, 5) is 27.2. The highest BCUT2D eigenvalue weighted by Crippen LogP contribution is 2.20. The number of rotatable bonds is 37. The first-order valence-electron chi connectivity index (χ1n) is 21.0. The summed E-state index contributed by atoms with van der Waals surface area (Å²) < 4.78 is 11.5. The van der Waals surface area contributed by atoms with Crippen molar-refractivity contribution in [2.45, 2.75) is 207 Å². The van der Waals surface area contributed by atoms with Crippen molar-refractivity contribution in [2.24, 2.45) is 11.8 Å². The average Bonchev–Trinajstić information content (AvgIpc) is 3.07. The van der Waals surface area contributed by atoms with Crippen LogP contribution in [0.5, 0.6) is 0 Å². The van der Waals surface area contributed by atoms with Crippen molar-refractivity contribution in [3.63, 3.8) is 0 Å². The molecule has 0 aliphatic rings. The molecule has 0 saturated heterocycles. The van der Waals surface area contributed by atoms with Crippen molar-refractivity contribution >= 4 is 11.9 Å².